The van der Waals surface area contributed by atoms with Crippen LogP contribution in [0.1, 0.15) is 11.1 Å². The summed E-state index contributed by atoms with van der Waals surface area (Å²) in [4.78, 5) is 4.16. The van der Waals surface area contributed by atoms with E-state index in [2.05, 4.69) is 4.98 Å². The Morgan fingerprint density at radius 2 is 1.53 bits per heavy atom. The minimum Gasteiger partial charge on any atom is -0.508 e. The lowest BCUT2D eigenvalue weighted by Crippen LogP contribution is -1.96. The van der Waals surface area contributed by atoms with Gasteiger partial charge in [-0.3, -0.25) is 0 Å². The minimum atomic E-state index is 0.0568. The molecule has 4 aromatic carbocycles. The maximum absolute atomic E-state index is 11.0. The number of para-hydroxylation sites is 1. The van der Waals surface area contributed by atoms with Gasteiger partial charge in [0.15, 0.2) is 5.75 Å². The van der Waals surface area contributed by atoms with Gasteiger partial charge in [0.05, 0.1) is 15.1 Å². The van der Waals surface area contributed by atoms with Crippen molar-refractivity contribution in [3.05, 3.63) is 104 Å². The van der Waals surface area contributed by atoms with Gasteiger partial charge in [0, 0.05) is 34.0 Å². The van der Waals surface area contributed by atoms with Crippen molar-refractivity contribution in [2.24, 2.45) is 0 Å². The Morgan fingerprint density at radius 3 is 2.28 bits per heavy atom. The highest BCUT2D eigenvalue weighted by atomic mass is 35.5. The molecule has 0 bridgehead atoms. The Morgan fingerprint density at radius 1 is 0.806 bits per heavy atom. The topological polar surface area (TPSA) is 42.4 Å². The van der Waals surface area contributed by atoms with E-state index in [-0.39, 0.29) is 15.9 Å². The zero-order chi connectivity index (χ0) is 25.6. The molecular formula is C29H19Cl4NO2. The van der Waals surface area contributed by atoms with E-state index in [1.165, 1.54) is 0 Å². The molecule has 7 heteroatoms. The largest absolute Gasteiger partial charge is 0.508 e. The van der Waals surface area contributed by atoms with Crippen molar-refractivity contribution >= 4 is 57.2 Å². The van der Waals surface area contributed by atoms with Crippen LogP contribution in [0.15, 0.2) is 72.9 Å². The highest BCUT2D eigenvalue weighted by Gasteiger charge is 2.24. The Kier molecular flexibility index (Phi) is 6.76. The number of fused-ring (bicyclic) bond motifs is 1. The van der Waals surface area contributed by atoms with Crippen molar-refractivity contribution < 1.29 is 9.84 Å². The zero-order valence-corrected chi connectivity index (χ0v) is 22.3. The number of ether oxygens (including phenoxy) is 1. The number of aromatic nitrogens is 1. The number of hydrogen-bond acceptors (Lipinski definition) is 3. The molecule has 0 unspecified atom stereocenters. The van der Waals surface area contributed by atoms with Crippen LogP contribution in [-0.4, -0.2) is 10.1 Å². The molecule has 1 N–H and O–H groups in total. The summed E-state index contributed by atoms with van der Waals surface area (Å²) in [5, 5.41) is 14.1. The fourth-order valence-electron chi connectivity index (χ4n) is 4.26. The van der Waals surface area contributed by atoms with Crippen LogP contribution in [0.5, 0.6) is 17.2 Å². The lowest BCUT2D eigenvalue weighted by atomic mass is 9.91. The van der Waals surface area contributed by atoms with Gasteiger partial charge in [0.2, 0.25) is 0 Å². The van der Waals surface area contributed by atoms with E-state index in [1.54, 1.807) is 25.3 Å². The van der Waals surface area contributed by atoms with Crippen LogP contribution in [0.25, 0.3) is 33.0 Å². The molecule has 0 radical (unpaired) electrons. The van der Waals surface area contributed by atoms with Crippen LogP contribution in [-0.2, 0) is 0 Å². The number of benzene rings is 4. The van der Waals surface area contributed by atoms with Crippen molar-refractivity contribution in [1.82, 2.24) is 4.98 Å². The van der Waals surface area contributed by atoms with Gasteiger partial charge in [-0.1, -0.05) is 88.9 Å². The van der Waals surface area contributed by atoms with E-state index in [0.29, 0.717) is 49.4 Å². The Balaban J connectivity index is 1.85. The molecule has 36 heavy (non-hydrogen) atoms. The van der Waals surface area contributed by atoms with Crippen molar-refractivity contribution in [2.75, 3.05) is 0 Å². The summed E-state index contributed by atoms with van der Waals surface area (Å²) in [5.41, 5.74) is 3.96. The van der Waals surface area contributed by atoms with Gasteiger partial charge in [-0.25, -0.2) is 4.98 Å². The maximum atomic E-state index is 11.0. The number of pyridine rings is 1. The molecule has 3 nitrogen and oxygen atoms in total. The third kappa shape index (κ3) is 4.38. The minimum absolute atomic E-state index is 0.0568. The summed E-state index contributed by atoms with van der Waals surface area (Å²) < 4.78 is 6.42. The summed E-state index contributed by atoms with van der Waals surface area (Å²) >= 11 is 26.2. The summed E-state index contributed by atoms with van der Waals surface area (Å²) in [6.07, 6.45) is 1.58. The van der Waals surface area contributed by atoms with Crippen LogP contribution in [0.2, 0.25) is 20.2 Å². The first-order valence-electron chi connectivity index (χ1n) is 11.0. The van der Waals surface area contributed by atoms with E-state index in [4.69, 9.17) is 51.1 Å². The van der Waals surface area contributed by atoms with Gasteiger partial charge in [-0.2, -0.15) is 0 Å². The van der Waals surface area contributed by atoms with Crippen molar-refractivity contribution in [1.29, 1.82) is 0 Å². The Hall–Kier alpha value is -2.95. The van der Waals surface area contributed by atoms with Crippen LogP contribution in [0.4, 0.5) is 0 Å². The van der Waals surface area contributed by atoms with Gasteiger partial charge >= 0.3 is 0 Å². The van der Waals surface area contributed by atoms with E-state index < -0.39 is 0 Å². The molecule has 1 aromatic heterocycles. The van der Waals surface area contributed by atoms with Gasteiger partial charge in [-0.05, 0) is 54.4 Å². The van der Waals surface area contributed by atoms with Crippen LogP contribution in [0, 0.1) is 13.8 Å². The van der Waals surface area contributed by atoms with Crippen molar-refractivity contribution in [3.8, 4) is 39.5 Å². The molecule has 0 aliphatic carbocycles. The summed E-state index contributed by atoms with van der Waals surface area (Å²) in [6, 6.07) is 20.7. The standard InChI is InChI=1S/C29H19Cl4NO2/c1-15-7-3-6-10-24(15)36-28-21(30)11-17-8-4-5-9-19(17)26(28)20-13-23(35)16(2)25(27(20)32)18-12-22(31)29(33)34-14-18/h3-14,35H,1-2H3. The molecular weight excluding hydrogens is 536 g/mol. The molecule has 0 amide bonds. The lowest BCUT2D eigenvalue weighted by molar-refractivity contribution is 0.471. The first-order valence-corrected chi connectivity index (χ1v) is 12.6. The first kappa shape index (κ1) is 24.7. The van der Waals surface area contributed by atoms with Crippen LogP contribution < -0.4 is 4.74 Å². The molecule has 0 saturated carbocycles. The number of halogens is 4. The molecule has 0 fully saturated rings. The predicted molar refractivity (Wildman–Crippen MR) is 150 cm³/mol. The van der Waals surface area contributed by atoms with Gasteiger partial charge in [0.25, 0.3) is 0 Å². The SMILES string of the molecule is Cc1ccccc1Oc1c(Cl)cc2ccccc2c1-c1cc(O)c(C)c(-c2cnc(Cl)c(Cl)c2)c1Cl. The molecule has 0 aliphatic heterocycles. The number of aromatic hydroxyl groups is 1. The van der Waals surface area contributed by atoms with Crippen molar-refractivity contribution in [3.63, 3.8) is 0 Å². The number of phenols is 1. The fourth-order valence-corrected chi connectivity index (χ4v) is 5.18. The second kappa shape index (κ2) is 9.84. The van der Waals surface area contributed by atoms with E-state index in [0.717, 1.165) is 16.3 Å². The van der Waals surface area contributed by atoms with Gasteiger partial charge in [0.1, 0.15) is 16.7 Å². The van der Waals surface area contributed by atoms with Gasteiger partial charge in [-0.15, -0.1) is 0 Å². The smallest absolute Gasteiger partial charge is 0.154 e. The van der Waals surface area contributed by atoms with Crippen molar-refractivity contribution in [2.45, 2.75) is 13.8 Å². The quantitative estimate of drug-likeness (QED) is 0.225. The average molecular weight is 555 g/mol. The summed E-state index contributed by atoms with van der Waals surface area (Å²) in [7, 11) is 0. The monoisotopic (exact) mass is 553 g/mol. The van der Waals surface area contributed by atoms with E-state index in [1.807, 2.05) is 61.5 Å². The zero-order valence-electron chi connectivity index (χ0n) is 19.2. The molecule has 0 saturated heterocycles. The molecule has 0 aliphatic rings. The highest BCUT2D eigenvalue weighted by molar-refractivity contribution is 6.41. The lowest BCUT2D eigenvalue weighted by Gasteiger charge is -2.21. The fraction of sp³-hybridized carbons (Fsp3) is 0.0690. The van der Waals surface area contributed by atoms with Crippen LogP contribution in [0.3, 0.4) is 0 Å². The van der Waals surface area contributed by atoms with E-state index in [9.17, 15) is 5.11 Å². The molecule has 5 rings (SSSR count). The molecule has 5 aromatic rings. The third-order valence-electron chi connectivity index (χ3n) is 6.11. The first-order chi connectivity index (χ1) is 17.3. The molecule has 0 atom stereocenters. The van der Waals surface area contributed by atoms with Gasteiger partial charge < -0.3 is 9.84 Å². The van der Waals surface area contributed by atoms with Crippen LogP contribution >= 0.6 is 46.4 Å². The number of phenolic OH excluding ortho intramolecular Hbond substituents is 1. The highest BCUT2D eigenvalue weighted by Crippen LogP contribution is 2.50. The Labute approximate surface area is 228 Å². The molecule has 180 valence electrons. The maximum Gasteiger partial charge on any atom is 0.154 e. The predicted octanol–water partition coefficient (Wildman–Crippen LogP) is 10.3. The van der Waals surface area contributed by atoms with E-state index >= 15 is 0 Å². The Bertz CT molecular complexity index is 1650. The second-order valence-electron chi connectivity index (χ2n) is 8.41. The number of rotatable bonds is 4. The summed E-state index contributed by atoms with van der Waals surface area (Å²) in [6.45, 7) is 3.74. The molecule has 1 heterocycles. The number of hydrogen-bond donors (Lipinski definition) is 1. The molecule has 0 spiro atoms. The third-order valence-corrected chi connectivity index (χ3v) is 7.47. The average Bonchev–Trinajstić information content (AvgIpc) is 2.86. The normalized spacial score (nSPS) is 11.2. The number of nitrogens with zero attached hydrogens (tertiary/aromatic N) is 1. The number of aryl methyl sites for hydroxylation is 1. The second-order valence-corrected chi connectivity index (χ2v) is 9.96. The summed E-state index contributed by atoms with van der Waals surface area (Å²) in [5.74, 6) is 1.16.